The van der Waals surface area contributed by atoms with Crippen LogP contribution in [0.3, 0.4) is 0 Å². The lowest BCUT2D eigenvalue weighted by molar-refractivity contribution is -0.131. The Bertz CT molecular complexity index is 913. The van der Waals surface area contributed by atoms with Crippen molar-refractivity contribution >= 4 is 23.2 Å². The van der Waals surface area contributed by atoms with Crippen molar-refractivity contribution in [1.29, 1.82) is 0 Å². The molecule has 32 heavy (non-hydrogen) atoms. The molecular weight excluding hydrogens is 422 g/mol. The molecule has 2 fully saturated rings. The van der Waals surface area contributed by atoms with Crippen LogP contribution in [0.25, 0.3) is 0 Å². The highest BCUT2D eigenvalue weighted by atomic mass is 32.1. The van der Waals surface area contributed by atoms with Crippen molar-refractivity contribution in [2.45, 2.75) is 63.3 Å². The standard InChI is InChI=1S/C25H33N3O3S/c1-27(20-6-4-3-5-7-20)25(30)22-17-32-24(26-22)19-12-14-28(15-13-19)23(29)16-18-8-10-21(31-2)11-9-18/h8-11,17,19-20H,3-7,12-16H2,1-2H3. The van der Waals surface area contributed by atoms with Crippen LogP contribution in [-0.4, -0.2) is 59.9 Å². The fraction of sp³-hybridized carbons (Fsp3) is 0.560. The van der Waals surface area contributed by atoms with Gasteiger partial charge >= 0.3 is 0 Å². The summed E-state index contributed by atoms with van der Waals surface area (Å²) in [5, 5.41) is 2.95. The van der Waals surface area contributed by atoms with Crippen LogP contribution in [0.15, 0.2) is 29.6 Å². The summed E-state index contributed by atoms with van der Waals surface area (Å²) in [6.45, 7) is 1.48. The maximum absolute atomic E-state index is 12.9. The third-order valence-corrected chi connectivity index (χ3v) is 7.90. The van der Waals surface area contributed by atoms with Gasteiger partial charge in [0.05, 0.1) is 18.5 Å². The Balaban J connectivity index is 1.29. The average Bonchev–Trinajstić information content (AvgIpc) is 3.34. The minimum Gasteiger partial charge on any atom is -0.497 e. The van der Waals surface area contributed by atoms with Crippen molar-refractivity contribution < 1.29 is 14.3 Å². The highest BCUT2D eigenvalue weighted by molar-refractivity contribution is 7.09. The van der Waals surface area contributed by atoms with Gasteiger partial charge in [-0.2, -0.15) is 0 Å². The van der Waals surface area contributed by atoms with Crippen molar-refractivity contribution in [2.75, 3.05) is 27.2 Å². The van der Waals surface area contributed by atoms with E-state index in [0.29, 0.717) is 24.1 Å². The minimum absolute atomic E-state index is 0.0477. The van der Waals surface area contributed by atoms with Crippen LogP contribution in [0.2, 0.25) is 0 Å². The van der Waals surface area contributed by atoms with E-state index in [9.17, 15) is 9.59 Å². The number of nitrogens with zero attached hydrogens (tertiary/aromatic N) is 3. The molecule has 0 unspecified atom stereocenters. The van der Waals surface area contributed by atoms with Crippen molar-refractivity contribution in [2.24, 2.45) is 0 Å². The minimum atomic E-state index is 0.0477. The maximum atomic E-state index is 12.9. The lowest BCUT2D eigenvalue weighted by atomic mass is 9.94. The zero-order chi connectivity index (χ0) is 22.5. The van der Waals surface area contributed by atoms with E-state index in [0.717, 1.165) is 55.1 Å². The van der Waals surface area contributed by atoms with Gasteiger partial charge in [-0.1, -0.05) is 31.4 Å². The van der Waals surface area contributed by atoms with E-state index in [2.05, 4.69) is 0 Å². The number of aromatic nitrogens is 1. The Morgan fingerprint density at radius 1 is 1.09 bits per heavy atom. The Kier molecular flexibility index (Phi) is 7.45. The van der Waals surface area contributed by atoms with Crippen LogP contribution in [0.4, 0.5) is 0 Å². The summed E-state index contributed by atoms with van der Waals surface area (Å²) < 4.78 is 5.18. The maximum Gasteiger partial charge on any atom is 0.273 e. The highest BCUT2D eigenvalue weighted by Gasteiger charge is 2.28. The molecule has 4 rings (SSSR count). The van der Waals surface area contributed by atoms with Crippen molar-refractivity contribution in [3.8, 4) is 5.75 Å². The Hall–Kier alpha value is -2.41. The first-order valence-electron chi connectivity index (χ1n) is 11.7. The predicted molar refractivity (Wildman–Crippen MR) is 126 cm³/mol. The molecule has 172 valence electrons. The first-order chi connectivity index (χ1) is 15.5. The summed E-state index contributed by atoms with van der Waals surface area (Å²) in [7, 11) is 3.56. The average molecular weight is 456 g/mol. The number of likely N-dealkylation sites (tertiary alicyclic amines) is 1. The van der Waals surface area contributed by atoms with Gasteiger partial charge in [-0.05, 0) is 43.4 Å². The van der Waals surface area contributed by atoms with Gasteiger partial charge in [-0.25, -0.2) is 4.98 Å². The summed E-state index contributed by atoms with van der Waals surface area (Å²) in [5.74, 6) is 1.34. The second-order valence-corrected chi connectivity index (χ2v) is 9.85. The fourth-order valence-electron chi connectivity index (χ4n) is 4.79. The van der Waals surface area contributed by atoms with Crippen LogP contribution in [0.1, 0.15) is 71.9 Å². The van der Waals surface area contributed by atoms with Gasteiger partial charge in [0, 0.05) is 37.5 Å². The van der Waals surface area contributed by atoms with Crippen LogP contribution >= 0.6 is 11.3 Å². The monoisotopic (exact) mass is 455 g/mol. The highest BCUT2D eigenvalue weighted by Crippen LogP contribution is 2.31. The molecule has 0 spiro atoms. The van der Waals surface area contributed by atoms with Crippen LogP contribution in [-0.2, 0) is 11.2 Å². The quantitative estimate of drug-likeness (QED) is 0.643. The van der Waals surface area contributed by atoms with Crippen LogP contribution < -0.4 is 4.74 Å². The van der Waals surface area contributed by atoms with Gasteiger partial charge in [0.25, 0.3) is 5.91 Å². The fourth-order valence-corrected chi connectivity index (χ4v) is 5.76. The number of amides is 2. The largest absolute Gasteiger partial charge is 0.497 e. The lowest BCUT2D eigenvalue weighted by Gasteiger charge is -2.31. The van der Waals surface area contributed by atoms with E-state index >= 15 is 0 Å². The Labute approximate surface area is 194 Å². The Morgan fingerprint density at radius 2 is 1.78 bits per heavy atom. The summed E-state index contributed by atoms with van der Waals surface area (Å²) >= 11 is 1.59. The molecule has 1 aromatic heterocycles. The number of carbonyl (C=O) groups excluding carboxylic acids is 2. The van der Waals surface area contributed by atoms with E-state index in [1.165, 1.54) is 19.3 Å². The SMILES string of the molecule is COc1ccc(CC(=O)N2CCC(c3nc(C(=O)N(C)C4CCCCC4)cs3)CC2)cc1. The van der Waals surface area contributed by atoms with Gasteiger partial charge in [-0.3, -0.25) is 9.59 Å². The first kappa shape index (κ1) is 22.8. The van der Waals surface area contributed by atoms with Gasteiger partial charge in [0.2, 0.25) is 5.91 Å². The van der Waals surface area contributed by atoms with Crippen LogP contribution in [0.5, 0.6) is 5.75 Å². The summed E-state index contributed by atoms with van der Waals surface area (Å²) in [4.78, 5) is 34.2. The zero-order valence-electron chi connectivity index (χ0n) is 19.1. The first-order valence-corrected chi connectivity index (χ1v) is 12.6. The summed E-state index contributed by atoms with van der Waals surface area (Å²) in [6, 6.07) is 8.02. The number of hydrogen-bond donors (Lipinski definition) is 0. The third kappa shape index (κ3) is 5.31. The van der Waals surface area contributed by atoms with Crippen molar-refractivity contribution in [3.05, 3.63) is 45.9 Å². The molecule has 2 aliphatic rings. The molecule has 0 bridgehead atoms. The number of rotatable bonds is 6. The normalized spacial score (nSPS) is 17.9. The van der Waals surface area contributed by atoms with Gasteiger partial charge in [-0.15, -0.1) is 11.3 Å². The summed E-state index contributed by atoms with van der Waals surface area (Å²) in [5.41, 5.74) is 1.58. The van der Waals surface area contributed by atoms with E-state index in [-0.39, 0.29) is 11.8 Å². The number of carbonyl (C=O) groups is 2. The van der Waals surface area contributed by atoms with E-state index < -0.39 is 0 Å². The molecule has 0 N–H and O–H groups in total. The molecule has 6 nitrogen and oxygen atoms in total. The number of ether oxygens (including phenoxy) is 1. The molecule has 2 amide bonds. The summed E-state index contributed by atoms with van der Waals surface area (Å²) in [6.07, 6.45) is 8.10. The second-order valence-electron chi connectivity index (χ2n) is 8.96. The number of hydrogen-bond acceptors (Lipinski definition) is 5. The van der Waals surface area contributed by atoms with Gasteiger partial charge in [0.1, 0.15) is 11.4 Å². The number of benzene rings is 1. The molecule has 2 aromatic rings. The molecule has 7 heteroatoms. The van der Waals surface area contributed by atoms with E-state index in [1.807, 2.05) is 46.5 Å². The topological polar surface area (TPSA) is 62.7 Å². The van der Waals surface area contributed by atoms with Crippen molar-refractivity contribution in [1.82, 2.24) is 14.8 Å². The molecule has 1 aliphatic carbocycles. The lowest BCUT2D eigenvalue weighted by Crippen LogP contribution is -2.39. The predicted octanol–water partition coefficient (Wildman–Crippen LogP) is 4.51. The molecule has 2 heterocycles. The smallest absolute Gasteiger partial charge is 0.273 e. The molecular formula is C25H33N3O3S. The molecule has 0 atom stereocenters. The molecule has 1 aliphatic heterocycles. The number of thiazole rings is 1. The number of piperidine rings is 1. The molecule has 1 saturated heterocycles. The van der Waals surface area contributed by atoms with E-state index in [4.69, 9.17) is 9.72 Å². The molecule has 1 saturated carbocycles. The second kappa shape index (κ2) is 10.5. The van der Waals surface area contributed by atoms with Crippen molar-refractivity contribution in [3.63, 3.8) is 0 Å². The van der Waals surface area contributed by atoms with Crippen LogP contribution in [0, 0.1) is 0 Å². The molecule has 0 radical (unpaired) electrons. The third-order valence-electron chi connectivity index (χ3n) is 6.90. The van der Waals surface area contributed by atoms with Gasteiger partial charge < -0.3 is 14.5 Å². The number of methoxy groups -OCH3 is 1. The zero-order valence-corrected chi connectivity index (χ0v) is 19.9. The van der Waals surface area contributed by atoms with Gasteiger partial charge in [0.15, 0.2) is 0 Å². The molecule has 1 aromatic carbocycles. The Morgan fingerprint density at radius 3 is 2.44 bits per heavy atom. The van der Waals surface area contributed by atoms with E-state index in [1.54, 1.807) is 18.4 Å².